The molecule has 2 aliphatic heterocycles. The minimum absolute atomic E-state index is 0.0895. The Morgan fingerprint density at radius 1 is 1.08 bits per heavy atom. The van der Waals surface area contributed by atoms with Crippen LogP contribution in [0.5, 0.6) is 11.6 Å². The van der Waals surface area contributed by atoms with Gasteiger partial charge in [0.25, 0.3) is 0 Å². The lowest BCUT2D eigenvalue weighted by Crippen LogP contribution is -2.41. The van der Waals surface area contributed by atoms with E-state index in [2.05, 4.69) is 26.3 Å². The molecular formula is C37H38Cl3N5O6. The van der Waals surface area contributed by atoms with Crippen molar-refractivity contribution in [3.05, 3.63) is 80.4 Å². The predicted octanol–water partition coefficient (Wildman–Crippen LogP) is 6.95. The van der Waals surface area contributed by atoms with Crippen molar-refractivity contribution in [3.8, 4) is 45.3 Å². The standard InChI is InChI=1S/C37H38Cl3N5O6/c1-20(46)16-44-12-10-21-13-22(14-31(50-2)27(21)18-44)35-34(40)25(9-11-41-35)24-5-4-6-26(33(24)39)30-15-29(38)28(36(43-30)51-3)19-45(37(48)49)17-23-7-8-32(47)42-23/h4-6,9,11,13-15,20,23,46H,7-8,10,12,16-19H2,1-3H3,(H,42,47)(H,48,49). The summed E-state index contributed by atoms with van der Waals surface area (Å²) in [5.74, 6) is 0.787. The van der Waals surface area contributed by atoms with Crippen LogP contribution in [0, 0.1) is 0 Å². The molecule has 14 heteroatoms. The van der Waals surface area contributed by atoms with Gasteiger partial charge in [-0.15, -0.1) is 0 Å². The summed E-state index contributed by atoms with van der Waals surface area (Å²) in [6.45, 7) is 3.88. The van der Waals surface area contributed by atoms with Crippen LogP contribution >= 0.6 is 34.8 Å². The Bertz CT molecular complexity index is 1960. The first-order valence-corrected chi connectivity index (χ1v) is 17.7. The lowest BCUT2D eigenvalue weighted by molar-refractivity contribution is -0.119. The van der Waals surface area contributed by atoms with Crippen LogP contribution in [0.2, 0.25) is 15.1 Å². The molecule has 0 bridgehead atoms. The predicted molar refractivity (Wildman–Crippen MR) is 197 cm³/mol. The molecule has 6 rings (SSSR count). The number of halogens is 3. The number of hydrogen-bond donors (Lipinski definition) is 3. The zero-order valence-electron chi connectivity index (χ0n) is 28.4. The molecule has 0 saturated carbocycles. The average Bonchev–Trinajstić information content (AvgIpc) is 3.52. The van der Waals surface area contributed by atoms with Gasteiger partial charge in [-0.05, 0) is 49.6 Å². The van der Waals surface area contributed by atoms with E-state index in [9.17, 15) is 19.8 Å². The van der Waals surface area contributed by atoms with Crippen molar-refractivity contribution in [2.45, 2.75) is 51.4 Å². The van der Waals surface area contributed by atoms with Gasteiger partial charge in [0.15, 0.2) is 0 Å². The molecular weight excluding hydrogens is 717 g/mol. The van der Waals surface area contributed by atoms with E-state index in [1.54, 1.807) is 38.4 Å². The summed E-state index contributed by atoms with van der Waals surface area (Å²) in [7, 11) is 3.08. The molecule has 2 amide bonds. The zero-order valence-corrected chi connectivity index (χ0v) is 30.6. The van der Waals surface area contributed by atoms with Crippen LogP contribution in [0.25, 0.3) is 33.6 Å². The van der Waals surface area contributed by atoms with Crippen LogP contribution in [0.4, 0.5) is 4.79 Å². The maximum absolute atomic E-state index is 12.1. The number of carboxylic acid groups (broad SMARTS) is 1. The molecule has 1 fully saturated rings. The van der Waals surface area contributed by atoms with Crippen LogP contribution in [-0.2, 0) is 24.3 Å². The minimum Gasteiger partial charge on any atom is -0.496 e. The number of pyridine rings is 2. The van der Waals surface area contributed by atoms with Crippen molar-refractivity contribution in [1.29, 1.82) is 0 Å². The molecule has 4 aromatic rings. The fraction of sp³-hybridized carbons (Fsp3) is 0.351. The summed E-state index contributed by atoms with van der Waals surface area (Å²) < 4.78 is 11.4. The molecule has 2 aliphatic rings. The van der Waals surface area contributed by atoms with Gasteiger partial charge in [-0.1, -0.05) is 53.0 Å². The molecule has 4 heterocycles. The highest BCUT2D eigenvalue weighted by Crippen LogP contribution is 2.44. The molecule has 0 radical (unpaired) electrons. The molecule has 0 spiro atoms. The van der Waals surface area contributed by atoms with Gasteiger partial charge < -0.3 is 29.9 Å². The van der Waals surface area contributed by atoms with E-state index in [1.165, 1.54) is 12.0 Å². The number of carbonyl (C=O) groups is 2. The fourth-order valence-corrected chi connectivity index (χ4v) is 7.67. The summed E-state index contributed by atoms with van der Waals surface area (Å²) >= 11 is 21.0. The Morgan fingerprint density at radius 3 is 2.53 bits per heavy atom. The van der Waals surface area contributed by atoms with E-state index in [1.807, 2.05) is 18.2 Å². The van der Waals surface area contributed by atoms with Gasteiger partial charge in [0.2, 0.25) is 11.8 Å². The Hall–Kier alpha value is -4.13. The van der Waals surface area contributed by atoms with Gasteiger partial charge in [0, 0.05) is 72.7 Å². The molecule has 2 aromatic carbocycles. The van der Waals surface area contributed by atoms with E-state index in [0.29, 0.717) is 69.6 Å². The Morgan fingerprint density at radius 2 is 1.84 bits per heavy atom. The van der Waals surface area contributed by atoms with Gasteiger partial charge in [0.1, 0.15) is 5.75 Å². The molecule has 11 nitrogen and oxygen atoms in total. The molecule has 1 saturated heterocycles. The third kappa shape index (κ3) is 7.88. The number of nitrogens with one attached hydrogen (secondary N) is 1. The van der Waals surface area contributed by atoms with Crippen LogP contribution in [0.15, 0.2) is 48.7 Å². The number of β-amino-alcohol motifs (C(OH)–C–C–N with tert-alkyl or cyclic N) is 1. The van der Waals surface area contributed by atoms with Crippen LogP contribution in [0.3, 0.4) is 0 Å². The van der Waals surface area contributed by atoms with Crippen molar-refractivity contribution < 1.29 is 29.3 Å². The largest absolute Gasteiger partial charge is 0.496 e. The third-order valence-electron chi connectivity index (χ3n) is 9.22. The minimum atomic E-state index is -1.16. The fourth-order valence-electron chi connectivity index (χ4n) is 6.78. The van der Waals surface area contributed by atoms with Crippen molar-refractivity contribution >= 4 is 46.8 Å². The highest BCUT2D eigenvalue weighted by Gasteiger charge is 2.28. The zero-order chi connectivity index (χ0) is 36.4. The number of fused-ring (bicyclic) bond motifs is 1. The first kappa shape index (κ1) is 36.7. The lowest BCUT2D eigenvalue weighted by atomic mass is 9.93. The van der Waals surface area contributed by atoms with Crippen molar-refractivity contribution in [3.63, 3.8) is 0 Å². The Kier molecular flexibility index (Phi) is 11.2. The van der Waals surface area contributed by atoms with E-state index >= 15 is 0 Å². The highest BCUT2D eigenvalue weighted by molar-refractivity contribution is 6.39. The van der Waals surface area contributed by atoms with Gasteiger partial charge in [-0.2, -0.15) is 0 Å². The van der Waals surface area contributed by atoms with Crippen molar-refractivity contribution in [2.24, 2.45) is 0 Å². The van der Waals surface area contributed by atoms with Crippen molar-refractivity contribution in [2.75, 3.05) is 33.9 Å². The summed E-state index contributed by atoms with van der Waals surface area (Å²) in [6, 6.07) is 12.7. The van der Waals surface area contributed by atoms with Gasteiger partial charge in [0.05, 0.1) is 58.9 Å². The number of aliphatic hydroxyl groups is 1. The number of hydrogen-bond acceptors (Lipinski definition) is 8. The SMILES string of the molecule is COc1cc(-c2nccc(-c3cccc(-c4cc(Cl)c(CN(CC5CCC(=O)N5)C(=O)O)c(OC)n4)c3Cl)c2Cl)cc2c1CN(CC(C)O)CC2. The van der Waals surface area contributed by atoms with Crippen molar-refractivity contribution in [1.82, 2.24) is 25.1 Å². The molecule has 3 N–H and O–H groups in total. The number of nitrogens with zero attached hydrogens (tertiary/aromatic N) is 4. The van der Waals surface area contributed by atoms with Gasteiger partial charge in [-0.3, -0.25) is 14.7 Å². The smallest absolute Gasteiger partial charge is 0.407 e. The van der Waals surface area contributed by atoms with E-state index in [4.69, 9.17) is 44.3 Å². The third-order valence-corrected chi connectivity index (χ3v) is 10.3. The van der Waals surface area contributed by atoms with Gasteiger partial charge >= 0.3 is 6.09 Å². The monoisotopic (exact) mass is 753 g/mol. The second-order valence-corrected chi connectivity index (χ2v) is 13.9. The maximum atomic E-state index is 12.1. The summed E-state index contributed by atoms with van der Waals surface area (Å²) in [5.41, 5.74) is 6.32. The van der Waals surface area contributed by atoms with Crippen LogP contribution in [0.1, 0.15) is 36.5 Å². The number of rotatable bonds is 11. The van der Waals surface area contributed by atoms with E-state index in [-0.39, 0.29) is 35.9 Å². The molecule has 268 valence electrons. The number of carbonyl (C=O) groups excluding carboxylic acids is 1. The molecule has 2 atom stereocenters. The number of aliphatic hydroxyl groups excluding tert-OH is 1. The van der Waals surface area contributed by atoms with E-state index < -0.39 is 12.2 Å². The number of aromatic nitrogens is 2. The Balaban J connectivity index is 1.32. The van der Waals surface area contributed by atoms with Crippen LogP contribution in [-0.4, -0.2) is 88.0 Å². The first-order chi connectivity index (χ1) is 24.5. The number of benzene rings is 2. The molecule has 0 aliphatic carbocycles. The molecule has 51 heavy (non-hydrogen) atoms. The first-order valence-electron chi connectivity index (χ1n) is 16.5. The molecule has 2 aromatic heterocycles. The molecule has 2 unspecified atom stereocenters. The number of ether oxygens (including phenoxy) is 2. The summed E-state index contributed by atoms with van der Waals surface area (Å²) in [6.07, 6.45) is 1.81. The summed E-state index contributed by atoms with van der Waals surface area (Å²) in [4.78, 5) is 36.5. The topological polar surface area (TPSA) is 137 Å². The van der Waals surface area contributed by atoms with Crippen LogP contribution < -0.4 is 14.8 Å². The second-order valence-electron chi connectivity index (χ2n) is 12.8. The number of methoxy groups -OCH3 is 2. The summed E-state index contributed by atoms with van der Waals surface area (Å²) in [5, 5.41) is 23.7. The van der Waals surface area contributed by atoms with Gasteiger partial charge in [-0.25, -0.2) is 9.78 Å². The Labute approximate surface area is 311 Å². The maximum Gasteiger partial charge on any atom is 0.407 e. The van der Waals surface area contributed by atoms with E-state index in [0.717, 1.165) is 35.4 Å². The highest BCUT2D eigenvalue weighted by atomic mass is 35.5. The average molecular weight is 755 g/mol. The quantitative estimate of drug-likeness (QED) is 0.149. The lowest BCUT2D eigenvalue weighted by Gasteiger charge is -2.31. The second kappa shape index (κ2) is 15.6. The normalized spacial score (nSPS) is 16.4. The number of amides is 2.